The molecular formula is C14H22FN3. The highest BCUT2D eigenvalue weighted by Gasteiger charge is 2.20. The van der Waals surface area contributed by atoms with Gasteiger partial charge in [-0.25, -0.2) is 4.39 Å². The van der Waals surface area contributed by atoms with E-state index >= 15 is 0 Å². The van der Waals surface area contributed by atoms with Gasteiger partial charge < -0.3 is 5.32 Å². The molecule has 0 atom stereocenters. The number of hydrogen-bond acceptors (Lipinski definition) is 3. The van der Waals surface area contributed by atoms with E-state index in [9.17, 15) is 4.39 Å². The van der Waals surface area contributed by atoms with Crippen molar-refractivity contribution in [2.24, 2.45) is 0 Å². The molecule has 0 amide bonds. The summed E-state index contributed by atoms with van der Waals surface area (Å²) in [4.78, 5) is 6.40. The average molecular weight is 251 g/mol. The Morgan fingerprint density at radius 1 is 1.39 bits per heavy atom. The topological polar surface area (TPSA) is 28.2 Å². The summed E-state index contributed by atoms with van der Waals surface area (Å²) in [5.74, 6) is -0.241. The molecule has 0 bridgehead atoms. The van der Waals surface area contributed by atoms with Gasteiger partial charge in [-0.2, -0.15) is 0 Å². The largest absolute Gasteiger partial charge is 0.317 e. The van der Waals surface area contributed by atoms with Gasteiger partial charge in [0, 0.05) is 18.8 Å². The normalized spacial score (nSPS) is 17.3. The Morgan fingerprint density at radius 2 is 2.17 bits per heavy atom. The van der Waals surface area contributed by atoms with Gasteiger partial charge in [0.15, 0.2) is 0 Å². The minimum atomic E-state index is -0.241. The van der Waals surface area contributed by atoms with Gasteiger partial charge in [-0.1, -0.05) is 6.92 Å². The molecule has 0 unspecified atom stereocenters. The first-order valence-corrected chi connectivity index (χ1v) is 6.83. The summed E-state index contributed by atoms with van der Waals surface area (Å²) in [5, 5.41) is 3.39. The quantitative estimate of drug-likeness (QED) is 0.869. The summed E-state index contributed by atoms with van der Waals surface area (Å²) in [6.07, 6.45) is 6.53. The molecule has 100 valence electrons. The smallest absolute Gasteiger partial charge is 0.141 e. The van der Waals surface area contributed by atoms with Crippen molar-refractivity contribution in [2.45, 2.75) is 38.8 Å². The number of nitrogens with zero attached hydrogens (tertiary/aromatic N) is 2. The summed E-state index contributed by atoms with van der Waals surface area (Å²) in [6, 6.07) is 2.21. The molecule has 2 heterocycles. The highest BCUT2D eigenvalue weighted by molar-refractivity contribution is 5.10. The number of hydrogen-bond donors (Lipinski definition) is 1. The van der Waals surface area contributed by atoms with Gasteiger partial charge in [0.25, 0.3) is 0 Å². The number of halogens is 1. The second-order valence-corrected chi connectivity index (χ2v) is 4.96. The Bertz CT molecular complexity index is 364. The molecule has 0 aromatic carbocycles. The van der Waals surface area contributed by atoms with Crippen molar-refractivity contribution < 1.29 is 4.39 Å². The molecular weight excluding hydrogens is 229 g/mol. The maximum Gasteiger partial charge on any atom is 0.141 e. The van der Waals surface area contributed by atoms with Gasteiger partial charge >= 0.3 is 0 Å². The SMILES string of the molecule is CCCN(Cc1cncc(F)c1)C1CCNCC1. The van der Waals surface area contributed by atoms with Crippen LogP contribution in [-0.4, -0.2) is 35.6 Å². The van der Waals surface area contributed by atoms with Crippen LogP contribution in [-0.2, 0) is 6.54 Å². The van der Waals surface area contributed by atoms with Crippen LogP contribution in [0, 0.1) is 5.82 Å². The lowest BCUT2D eigenvalue weighted by atomic mass is 10.0. The van der Waals surface area contributed by atoms with Gasteiger partial charge in [0.05, 0.1) is 6.20 Å². The molecule has 4 heteroatoms. The monoisotopic (exact) mass is 251 g/mol. The first kappa shape index (κ1) is 13.4. The Kier molecular flexibility index (Phi) is 5.08. The second kappa shape index (κ2) is 6.81. The van der Waals surface area contributed by atoms with Crippen molar-refractivity contribution in [1.82, 2.24) is 15.2 Å². The molecule has 18 heavy (non-hydrogen) atoms. The lowest BCUT2D eigenvalue weighted by Gasteiger charge is -2.34. The molecule has 1 aliphatic rings. The fourth-order valence-corrected chi connectivity index (χ4v) is 2.63. The van der Waals surface area contributed by atoms with E-state index in [2.05, 4.69) is 22.1 Å². The zero-order valence-corrected chi connectivity index (χ0v) is 11.0. The molecule has 1 N–H and O–H groups in total. The third-order valence-electron chi connectivity index (χ3n) is 3.48. The maximum absolute atomic E-state index is 13.2. The van der Waals surface area contributed by atoms with Crippen molar-refractivity contribution in [3.8, 4) is 0 Å². The van der Waals surface area contributed by atoms with Crippen LogP contribution in [0.2, 0.25) is 0 Å². The van der Waals surface area contributed by atoms with Crippen LogP contribution in [0.3, 0.4) is 0 Å². The maximum atomic E-state index is 13.2. The molecule has 1 saturated heterocycles. The molecule has 0 spiro atoms. The summed E-state index contributed by atoms with van der Waals surface area (Å²) in [7, 11) is 0. The van der Waals surface area contributed by atoms with Gasteiger partial charge in [0.1, 0.15) is 5.82 Å². The van der Waals surface area contributed by atoms with Crippen molar-refractivity contribution in [3.05, 3.63) is 29.8 Å². The molecule has 2 rings (SSSR count). The van der Waals surface area contributed by atoms with Crippen LogP contribution in [0.1, 0.15) is 31.7 Å². The van der Waals surface area contributed by atoms with Gasteiger partial charge in [-0.05, 0) is 50.5 Å². The zero-order valence-electron chi connectivity index (χ0n) is 11.0. The predicted molar refractivity (Wildman–Crippen MR) is 70.8 cm³/mol. The lowest BCUT2D eigenvalue weighted by molar-refractivity contribution is 0.154. The Morgan fingerprint density at radius 3 is 2.83 bits per heavy atom. The third-order valence-corrected chi connectivity index (χ3v) is 3.48. The number of piperidine rings is 1. The number of pyridine rings is 1. The minimum absolute atomic E-state index is 0.241. The van der Waals surface area contributed by atoms with Crippen LogP contribution in [0.5, 0.6) is 0 Å². The molecule has 0 saturated carbocycles. The van der Waals surface area contributed by atoms with E-state index in [4.69, 9.17) is 0 Å². The summed E-state index contributed by atoms with van der Waals surface area (Å²) in [5.41, 5.74) is 0.974. The van der Waals surface area contributed by atoms with E-state index in [1.54, 1.807) is 12.3 Å². The lowest BCUT2D eigenvalue weighted by Crippen LogP contribution is -2.43. The molecule has 3 nitrogen and oxygen atoms in total. The Hall–Kier alpha value is -1.00. The molecule has 1 aromatic rings. The average Bonchev–Trinajstić information content (AvgIpc) is 2.39. The Labute approximate surface area is 108 Å². The summed E-state index contributed by atoms with van der Waals surface area (Å²) >= 11 is 0. The van der Waals surface area contributed by atoms with Crippen molar-refractivity contribution in [3.63, 3.8) is 0 Å². The van der Waals surface area contributed by atoms with Gasteiger partial charge in [-0.3, -0.25) is 9.88 Å². The predicted octanol–water partition coefficient (Wildman–Crippen LogP) is 2.18. The van der Waals surface area contributed by atoms with Crippen molar-refractivity contribution in [1.29, 1.82) is 0 Å². The number of rotatable bonds is 5. The first-order valence-electron chi connectivity index (χ1n) is 6.83. The van der Waals surface area contributed by atoms with Crippen LogP contribution in [0.4, 0.5) is 4.39 Å². The molecule has 1 aromatic heterocycles. The van der Waals surface area contributed by atoms with E-state index in [1.807, 2.05) is 0 Å². The van der Waals surface area contributed by atoms with Crippen LogP contribution in [0.15, 0.2) is 18.5 Å². The fraction of sp³-hybridized carbons (Fsp3) is 0.643. The number of aromatic nitrogens is 1. The highest BCUT2D eigenvalue weighted by Crippen LogP contribution is 2.16. The first-order chi connectivity index (χ1) is 8.79. The van der Waals surface area contributed by atoms with E-state index in [0.717, 1.165) is 38.2 Å². The minimum Gasteiger partial charge on any atom is -0.317 e. The van der Waals surface area contributed by atoms with E-state index in [0.29, 0.717) is 6.04 Å². The summed E-state index contributed by atoms with van der Waals surface area (Å²) < 4.78 is 13.2. The van der Waals surface area contributed by atoms with Crippen LogP contribution < -0.4 is 5.32 Å². The van der Waals surface area contributed by atoms with Crippen molar-refractivity contribution in [2.75, 3.05) is 19.6 Å². The Balaban J connectivity index is 2.00. The van der Waals surface area contributed by atoms with E-state index < -0.39 is 0 Å². The van der Waals surface area contributed by atoms with Crippen molar-refractivity contribution >= 4 is 0 Å². The highest BCUT2D eigenvalue weighted by atomic mass is 19.1. The van der Waals surface area contributed by atoms with Crippen LogP contribution >= 0.6 is 0 Å². The second-order valence-electron chi connectivity index (χ2n) is 4.96. The number of nitrogens with one attached hydrogen (secondary N) is 1. The standard InChI is InChI=1S/C14H22FN3/c1-2-7-18(14-3-5-16-6-4-14)11-12-8-13(15)10-17-9-12/h8-10,14,16H,2-7,11H2,1H3. The third kappa shape index (κ3) is 3.75. The molecule has 0 radical (unpaired) electrons. The van der Waals surface area contributed by atoms with Gasteiger partial charge in [-0.15, -0.1) is 0 Å². The van der Waals surface area contributed by atoms with E-state index in [1.165, 1.54) is 19.0 Å². The van der Waals surface area contributed by atoms with Crippen LogP contribution in [0.25, 0.3) is 0 Å². The van der Waals surface area contributed by atoms with E-state index in [-0.39, 0.29) is 5.82 Å². The fourth-order valence-electron chi connectivity index (χ4n) is 2.63. The molecule has 0 aliphatic carbocycles. The van der Waals surface area contributed by atoms with Gasteiger partial charge in [0.2, 0.25) is 0 Å². The zero-order chi connectivity index (χ0) is 12.8. The molecule has 1 aliphatic heterocycles. The summed E-state index contributed by atoms with van der Waals surface area (Å²) in [6.45, 7) is 6.25. The molecule has 1 fully saturated rings.